The third-order valence-electron chi connectivity index (χ3n) is 15.4. The van der Waals surface area contributed by atoms with Crippen LogP contribution in [0.3, 0.4) is 0 Å². The molecular formula is C38H62N2O3. The van der Waals surface area contributed by atoms with Gasteiger partial charge in [-0.05, 0) is 141 Å². The van der Waals surface area contributed by atoms with Crippen molar-refractivity contribution >= 4 is 11.7 Å². The minimum Gasteiger partial charge on any atom is -0.370 e. The van der Waals surface area contributed by atoms with E-state index in [9.17, 15) is 14.7 Å². The van der Waals surface area contributed by atoms with E-state index in [0.717, 1.165) is 51.7 Å². The molecule has 0 unspecified atom stereocenters. The predicted molar refractivity (Wildman–Crippen MR) is 173 cm³/mol. The first-order valence-corrected chi connectivity index (χ1v) is 18.1. The predicted octanol–water partition coefficient (Wildman–Crippen LogP) is 7.67. The molecule has 0 aromatic carbocycles. The fourth-order valence-corrected chi connectivity index (χ4v) is 12.8. The molecule has 6 aliphatic rings. The number of likely N-dealkylation sites (tertiary alicyclic amines) is 1. The highest BCUT2D eigenvalue weighted by molar-refractivity contribution is 6.00. The summed E-state index contributed by atoms with van der Waals surface area (Å²) < 4.78 is 0. The molecule has 43 heavy (non-hydrogen) atoms. The molecule has 1 saturated heterocycles. The Labute approximate surface area is 262 Å². The molecule has 8 atom stereocenters. The van der Waals surface area contributed by atoms with Crippen molar-refractivity contribution < 1.29 is 14.7 Å². The number of carbonyl (C=O) groups excluding carboxylic acids is 2. The van der Waals surface area contributed by atoms with E-state index in [2.05, 4.69) is 65.6 Å². The Morgan fingerprint density at radius 3 is 2.28 bits per heavy atom. The second-order valence-electron chi connectivity index (χ2n) is 18.0. The Bertz CT molecular complexity index is 1180. The number of nitrogens with one attached hydrogen (secondary N) is 1. The summed E-state index contributed by atoms with van der Waals surface area (Å²) in [6.07, 6.45) is 13.2. The molecule has 4 saturated carbocycles. The number of carbonyl (C=O) groups is 2. The molecule has 6 rings (SSSR count). The van der Waals surface area contributed by atoms with Crippen LogP contribution < -0.4 is 5.32 Å². The summed E-state index contributed by atoms with van der Waals surface area (Å²) >= 11 is 0. The molecule has 1 amide bonds. The fraction of sp³-hybridized carbons (Fsp3) is 0.895. The maximum atomic E-state index is 13.4. The number of hydrogen-bond donors (Lipinski definition) is 2. The molecule has 242 valence electrons. The minimum absolute atomic E-state index is 0.0117. The van der Waals surface area contributed by atoms with Crippen molar-refractivity contribution in [3.05, 3.63) is 11.1 Å². The molecule has 0 aromatic rings. The minimum atomic E-state index is -1.16. The number of amides is 1. The number of aliphatic hydroxyl groups is 1. The molecule has 1 aliphatic heterocycles. The number of fused-ring (bicyclic) bond motifs is 7. The van der Waals surface area contributed by atoms with Crippen LogP contribution in [-0.2, 0) is 9.59 Å². The van der Waals surface area contributed by atoms with E-state index >= 15 is 0 Å². The summed E-state index contributed by atoms with van der Waals surface area (Å²) in [4.78, 5) is 29.0. The average molecular weight is 595 g/mol. The Hall–Kier alpha value is -1.20. The zero-order valence-electron chi connectivity index (χ0n) is 28.8. The highest BCUT2D eigenvalue weighted by Crippen LogP contribution is 2.77. The van der Waals surface area contributed by atoms with Gasteiger partial charge < -0.3 is 15.3 Å². The van der Waals surface area contributed by atoms with Crippen molar-refractivity contribution in [2.24, 2.45) is 50.7 Å². The summed E-state index contributed by atoms with van der Waals surface area (Å²) in [6.45, 7) is 22.4. The van der Waals surface area contributed by atoms with Crippen LogP contribution in [0.5, 0.6) is 0 Å². The summed E-state index contributed by atoms with van der Waals surface area (Å²) in [5, 5.41) is 15.4. The van der Waals surface area contributed by atoms with Crippen LogP contribution in [-0.4, -0.2) is 47.1 Å². The SMILES string of the molecule is CC(C)C1=C2[C@H]3CC[C@@H]4[C@@]5(C)CC[C@@](O)(NC(=O)CCCN6CCCC6)C(C)(C)[C@@H]5CC[C@@]4(C)[C@]3(C)CC[C@@]2(C)CC1=O. The first kappa shape index (κ1) is 31.8. The molecule has 2 N–H and O–H groups in total. The molecule has 0 aromatic heterocycles. The third kappa shape index (κ3) is 4.50. The van der Waals surface area contributed by atoms with Crippen LogP contribution >= 0.6 is 0 Å². The average Bonchev–Trinajstić information content (AvgIpc) is 3.52. The zero-order chi connectivity index (χ0) is 31.2. The molecule has 0 bridgehead atoms. The van der Waals surface area contributed by atoms with Gasteiger partial charge in [0.1, 0.15) is 5.72 Å². The van der Waals surface area contributed by atoms with Crippen molar-refractivity contribution in [2.75, 3.05) is 19.6 Å². The summed E-state index contributed by atoms with van der Waals surface area (Å²) in [5.74, 6) is 2.19. The van der Waals surface area contributed by atoms with E-state index in [1.807, 2.05) is 0 Å². The van der Waals surface area contributed by atoms with Crippen molar-refractivity contribution in [1.82, 2.24) is 10.2 Å². The fourth-order valence-electron chi connectivity index (χ4n) is 12.8. The lowest BCUT2D eigenvalue weighted by Crippen LogP contribution is -2.71. The van der Waals surface area contributed by atoms with E-state index in [0.29, 0.717) is 42.3 Å². The van der Waals surface area contributed by atoms with Gasteiger partial charge in [-0.2, -0.15) is 0 Å². The summed E-state index contributed by atoms with van der Waals surface area (Å²) in [6, 6.07) is 0. The lowest BCUT2D eigenvalue weighted by atomic mass is 9.32. The first-order chi connectivity index (χ1) is 20.0. The van der Waals surface area contributed by atoms with Gasteiger partial charge in [0, 0.05) is 18.3 Å². The maximum Gasteiger partial charge on any atom is 0.222 e. The molecular weight excluding hydrogens is 532 g/mol. The smallest absolute Gasteiger partial charge is 0.222 e. The number of Topliss-reactive ketones (excluding diaryl/α,β-unsaturated/α-hetero) is 1. The Morgan fingerprint density at radius 1 is 0.907 bits per heavy atom. The van der Waals surface area contributed by atoms with Crippen LogP contribution in [0.25, 0.3) is 0 Å². The lowest BCUT2D eigenvalue weighted by molar-refractivity contribution is -0.257. The van der Waals surface area contributed by atoms with Gasteiger partial charge in [-0.3, -0.25) is 9.59 Å². The van der Waals surface area contributed by atoms with Gasteiger partial charge in [-0.1, -0.05) is 61.0 Å². The van der Waals surface area contributed by atoms with E-state index in [1.165, 1.54) is 44.1 Å². The highest BCUT2D eigenvalue weighted by atomic mass is 16.3. The molecule has 1 heterocycles. The molecule has 5 nitrogen and oxygen atoms in total. The standard InChI is InChI=1S/C38H62N2O3/c1-25(2)31-27(41)24-34(5)17-19-36(7)26(32(31)34)13-14-29-35(6)18-20-38(43,33(3,4)28(35)15-16-37(29,36)8)39-30(42)12-11-23-40-21-9-10-22-40/h25-26,28-29,43H,9-24H2,1-8H3,(H,39,42)/t26-,28+,29-,34+,35+,36-,37-,38+/m1/s1. The first-order valence-electron chi connectivity index (χ1n) is 18.1. The number of ketones is 1. The second kappa shape index (κ2) is 10.4. The van der Waals surface area contributed by atoms with Crippen LogP contribution in [0.4, 0.5) is 0 Å². The van der Waals surface area contributed by atoms with Gasteiger partial charge in [-0.15, -0.1) is 0 Å². The van der Waals surface area contributed by atoms with Crippen molar-refractivity contribution in [2.45, 2.75) is 145 Å². The van der Waals surface area contributed by atoms with E-state index < -0.39 is 11.1 Å². The zero-order valence-corrected chi connectivity index (χ0v) is 28.8. The largest absolute Gasteiger partial charge is 0.370 e. The van der Waals surface area contributed by atoms with Crippen LogP contribution in [0.1, 0.15) is 139 Å². The molecule has 0 radical (unpaired) electrons. The van der Waals surface area contributed by atoms with Crippen LogP contribution in [0.15, 0.2) is 11.1 Å². The summed E-state index contributed by atoms with van der Waals surface area (Å²) in [5.41, 5.74) is 1.74. The van der Waals surface area contributed by atoms with Gasteiger partial charge in [0.2, 0.25) is 5.91 Å². The van der Waals surface area contributed by atoms with E-state index in [1.54, 1.807) is 5.57 Å². The number of allylic oxidation sites excluding steroid dienone is 2. The van der Waals surface area contributed by atoms with Crippen molar-refractivity contribution in [3.8, 4) is 0 Å². The third-order valence-corrected chi connectivity index (χ3v) is 15.4. The quantitative estimate of drug-likeness (QED) is 0.310. The van der Waals surface area contributed by atoms with Gasteiger partial charge in [0.15, 0.2) is 5.78 Å². The van der Waals surface area contributed by atoms with Gasteiger partial charge in [0.05, 0.1) is 0 Å². The maximum absolute atomic E-state index is 13.4. The topological polar surface area (TPSA) is 69.6 Å². The number of rotatable bonds is 6. The van der Waals surface area contributed by atoms with Gasteiger partial charge in [0.25, 0.3) is 0 Å². The van der Waals surface area contributed by atoms with E-state index in [-0.39, 0.29) is 27.6 Å². The van der Waals surface area contributed by atoms with Gasteiger partial charge in [-0.25, -0.2) is 0 Å². The molecule has 5 heteroatoms. The normalized spacial score (nSPS) is 45.9. The molecule has 5 fully saturated rings. The van der Waals surface area contributed by atoms with Gasteiger partial charge >= 0.3 is 0 Å². The lowest BCUT2D eigenvalue weighted by Gasteiger charge is -2.73. The highest BCUT2D eigenvalue weighted by Gasteiger charge is 2.71. The van der Waals surface area contributed by atoms with E-state index in [4.69, 9.17) is 0 Å². The monoisotopic (exact) mass is 594 g/mol. The van der Waals surface area contributed by atoms with Crippen molar-refractivity contribution in [3.63, 3.8) is 0 Å². The summed E-state index contributed by atoms with van der Waals surface area (Å²) in [7, 11) is 0. The Morgan fingerprint density at radius 2 is 1.60 bits per heavy atom. The molecule has 5 aliphatic carbocycles. The van der Waals surface area contributed by atoms with Crippen LogP contribution in [0, 0.1) is 50.7 Å². The Kier molecular flexibility index (Phi) is 7.69. The number of nitrogens with zero attached hydrogens (tertiary/aromatic N) is 1. The Balaban J connectivity index is 1.23. The van der Waals surface area contributed by atoms with Crippen molar-refractivity contribution in [1.29, 1.82) is 0 Å². The molecule has 0 spiro atoms. The number of hydrogen-bond acceptors (Lipinski definition) is 4. The second-order valence-corrected chi connectivity index (χ2v) is 18.0. The van der Waals surface area contributed by atoms with Crippen LogP contribution in [0.2, 0.25) is 0 Å².